The second-order valence-electron chi connectivity index (χ2n) is 8.03. The monoisotopic (exact) mass is 457 g/mol. The number of halogens is 1. The molecule has 1 aromatic heterocycles. The fraction of sp³-hybridized carbons (Fsp3) is 0.185. The summed E-state index contributed by atoms with van der Waals surface area (Å²) < 4.78 is 5.27. The van der Waals surface area contributed by atoms with E-state index in [4.69, 9.17) is 21.3 Å². The van der Waals surface area contributed by atoms with Crippen LogP contribution in [-0.4, -0.2) is 49.1 Å². The van der Waals surface area contributed by atoms with Gasteiger partial charge in [-0.3, -0.25) is 4.79 Å². The number of aromatic nitrogens is 1. The van der Waals surface area contributed by atoms with E-state index in [2.05, 4.69) is 4.90 Å². The molecule has 1 amide bonds. The lowest BCUT2D eigenvalue weighted by Crippen LogP contribution is -2.49. The third-order valence-corrected chi connectivity index (χ3v) is 6.41. The Balaban J connectivity index is 1.44. The highest BCUT2D eigenvalue weighted by atomic mass is 35.5. The van der Waals surface area contributed by atoms with Gasteiger partial charge in [-0.25, -0.2) is 4.98 Å². The number of methoxy groups -OCH3 is 1. The van der Waals surface area contributed by atoms with Crippen LogP contribution in [-0.2, 0) is 0 Å². The summed E-state index contributed by atoms with van der Waals surface area (Å²) in [7, 11) is 1.64. The van der Waals surface area contributed by atoms with Crippen molar-refractivity contribution in [1.29, 1.82) is 0 Å². The summed E-state index contributed by atoms with van der Waals surface area (Å²) >= 11 is 6.38. The molecule has 0 saturated carbocycles. The Morgan fingerprint density at radius 3 is 2.33 bits per heavy atom. The molecule has 166 valence electrons. The molecular formula is C27H24ClN3O2. The topological polar surface area (TPSA) is 45.7 Å². The van der Waals surface area contributed by atoms with Crippen LogP contribution in [0.2, 0.25) is 5.02 Å². The number of benzene rings is 3. The lowest BCUT2D eigenvalue weighted by atomic mass is 10.0. The summed E-state index contributed by atoms with van der Waals surface area (Å²) in [5, 5.41) is 1.61. The molecule has 0 unspecified atom stereocenters. The lowest BCUT2D eigenvalue weighted by molar-refractivity contribution is 0.0748. The molecule has 0 aliphatic carbocycles. The molecule has 0 radical (unpaired) electrons. The summed E-state index contributed by atoms with van der Waals surface area (Å²) in [5.74, 6) is 0.814. The Morgan fingerprint density at radius 1 is 0.909 bits per heavy atom. The van der Waals surface area contributed by atoms with Gasteiger partial charge in [-0.15, -0.1) is 0 Å². The normalized spacial score (nSPS) is 13.9. The quantitative estimate of drug-likeness (QED) is 0.404. The first-order valence-electron chi connectivity index (χ1n) is 11.0. The molecule has 5 nitrogen and oxygen atoms in total. The molecule has 33 heavy (non-hydrogen) atoms. The summed E-state index contributed by atoms with van der Waals surface area (Å²) in [6.07, 6.45) is 0. The third-order valence-electron chi connectivity index (χ3n) is 6.09. The van der Waals surface area contributed by atoms with Crippen molar-refractivity contribution in [3.8, 4) is 17.0 Å². The molecule has 4 aromatic rings. The average molecular weight is 458 g/mol. The standard InChI is InChI=1S/C27H24ClN3O2/c1-33-20-12-10-19(11-13-20)25-18-22(21-6-2-4-8-24(21)29-25)27(32)31-16-14-30(15-17-31)26-9-5-3-7-23(26)28/h2-13,18H,14-17H2,1H3. The molecule has 0 atom stereocenters. The number of pyridine rings is 1. The van der Waals surface area contributed by atoms with Gasteiger partial charge in [0.25, 0.3) is 5.91 Å². The molecule has 6 heteroatoms. The zero-order valence-electron chi connectivity index (χ0n) is 18.4. The molecule has 1 aliphatic rings. The molecule has 2 heterocycles. The fourth-order valence-corrected chi connectivity index (χ4v) is 4.55. The number of rotatable bonds is 4. The Labute approximate surface area is 198 Å². The molecule has 0 spiro atoms. The zero-order chi connectivity index (χ0) is 22.8. The number of amides is 1. The van der Waals surface area contributed by atoms with Crippen molar-refractivity contribution in [2.75, 3.05) is 38.2 Å². The van der Waals surface area contributed by atoms with E-state index < -0.39 is 0 Å². The minimum atomic E-state index is 0.0298. The van der Waals surface area contributed by atoms with Gasteiger partial charge in [0.1, 0.15) is 5.75 Å². The molecule has 0 N–H and O–H groups in total. The van der Waals surface area contributed by atoms with Crippen molar-refractivity contribution in [3.05, 3.63) is 89.4 Å². The highest BCUT2D eigenvalue weighted by molar-refractivity contribution is 6.33. The van der Waals surface area contributed by atoms with E-state index in [1.54, 1.807) is 7.11 Å². The number of carbonyl (C=O) groups excluding carboxylic acids is 1. The number of para-hydroxylation sites is 2. The number of hydrogen-bond acceptors (Lipinski definition) is 4. The van der Waals surface area contributed by atoms with E-state index >= 15 is 0 Å². The van der Waals surface area contributed by atoms with Gasteiger partial charge in [0.2, 0.25) is 0 Å². The zero-order valence-corrected chi connectivity index (χ0v) is 19.1. The minimum Gasteiger partial charge on any atom is -0.497 e. The van der Waals surface area contributed by atoms with E-state index in [1.807, 2.05) is 83.8 Å². The fourth-order valence-electron chi connectivity index (χ4n) is 4.29. The van der Waals surface area contributed by atoms with Crippen molar-refractivity contribution in [2.24, 2.45) is 0 Å². The number of hydrogen-bond donors (Lipinski definition) is 0. The molecule has 0 bridgehead atoms. The Hall–Kier alpha value is -3.57. The number of nitrogens with zero attached hydrogens (tertiary/aromatic N) is 3. The van der Waals surface area contributed by atoms with Gasteiger partial charge in [0.15, 0.2) is 0 Å². The van der Waals surface area contributed by atoms with Crippen LogP contribution in [0.5, 0.6) is 5.75 Å². The van der Waals surface area contributed by atoms with Gasteiger partial charge >= 0.3 is 0 Å². The van der Waals surface area contributed by atoms with Crippen molar-refractivity contribution < 1.29 is 9.53 Å². The number of anilines is 1. The van der Waals surface area contributed by atoms with Gasteiger partial charge in [-0.1, -0.05) is 41.9 Å². The first kappa shape index (κ1) is 21.3. The van der Waals surface area contributed by atoms with Crippen molar-refractivity contribution in [3.63, 3.8) is 0 Å². The van der Waals surface area contributed by atoms with Crippen LogP contribution in [0.25, 0.3) is 22.2 Å². The summed E-state index contributed by atoms with van der Waals surface area (Å²) in [6.45, 7) is 2.75. The van der Waals surface area contributed by atoms with Gasteiger partial charge < -0.3 is 14.5 Å². The maximum Gasteiger partial charge on any atom is 0.254 e. The average Bonchev–Trinajstić information content (AvgIpc) is 2.88. The van der Waals surface area contributed by atoms with E-state index in [9.17, 15) is 4.79 Å². The van der Waals surface area contributed by atoms with E-state index in [0.717, 1.165) is 51.7 Å². The minimum absolute atomic E-state index is 0.0298. The summed E-state index contributed by atoms with van der Waals surface area (Å²) in [5.41, 5.74) is 4.22. The van der Waals surface area contributed by atoms with Crippen molar-refractivity contribution >= 4 is 34.1 Å². The van der Waals surface area contributed by atoms with Gasteiger partial charge in [-0.2, -0.15) is 0 Å². The van der Waals surface area contributed by atoms with E-state index in [0.29, 0.717) is 18.7 Å². The number of ether oxygens (including phenoxy) is 1. The number of fused-ring (bicyclic) bond motifs is 1. The lowest BCUT2D eigenvalue weighted by Gasteiger charge is -2.36. The second kappa shape index (κ2) is 9.12. The first-order chi connectivity index (χ1) is 16.1. The highest BCUT2D eigenvalue weighted by Gasteiger charge is 2.25. The van der Waals surface area contributed by atoms with E-state index in [-0.39, 0.29) is 5.91 Å². The predicted molar refractivity (Wildman–Crippen MR) is 133 cm³/mol. The van der Waals surface area contributed by atoms with Crippen LogP contribution in [0.1, 0.15) is 10.4 Å². The Bertz CT molecular complexity index is 1300. The first-order valence-corrected chi connectivity index (χ1v) is 11.3. The maximum atomic E-state index is 13.6. The van der Waals surface area contributed by atoms with Gasteiger partial charge in [0, 0.05) is 37.1 Å². The Kier molecular flexibility index (Phi) is 5.88. The molecule has 1 aliphatic heterocycles. The van der Waals surface area contributed by atoms with Crippen LogP contribution in [0.4, 0.5) is 5.69 Å². The SMILES string of the molecule is COc1ccc(-c2cc(C(=O)N3CCN(c4ccccc4Cl)CC3)c3ccccc3n2)cc1. The maximum absolute atomic E-state index is 13.6. The van der Waals surface area contributed by atoms with Crippen LogP contribution in [0, 0.1) is 0 Å². The summed E-state index contributed by atoms with van der Waals surface area (Å²) in [4.78, 5) is 22.6. The summed E-state index contributed by atoms with van der Waals surface area (Å²) in [6, 6.07) is 25.3. The molecular weight excluding hydrogens is 434 g/mol. The Morgan fingerprint density at radius 2 is 1.61 bits per heavy atom. The van der Waals surface area contributed by atoms with Crippen LogP contribution >= 0.6 is 11.6 Å². The smallest absolute Gasteiger partial charge is 0.254 e. The van der Waals surface area contributed by atoms with Crippen molar-refractivity contribution in [2.45, 2.75) is 0 Å². The third kappa shape index (κ3) is 4.24. The largest absolute Gasteiger partial charge is 0.497 e. The van der Waals surface area contributed by atoms with E-state index in [1.165, 1.54) is 0 Å². The van der Waals surface area contributed by atoms with Crippen LogP contribution in [0.15, 0.2) is 78.9 Å². The van der Waals surface area contributed by atoms with Gasteiger partial charge in [0.05, 0.1) is 34.6 Å². The van der Waals surface area contributed by atoms with Gasteiger partial charge in [-0.05, 0) is 48.5 Å². The van der Waals surface area contributed by atoms with Crippen molar-refractivity contribution in [1.82, 2.24) is 9.88 Å². The molecule has 1 saturated heterocycles. The van der Waals surface area contributed by atoms with Crippen LogP contribution in [0.3, 0.4) is 0 Å². The predicted octanol–water partition coefficient (Wildman–Crippen LogP) is 5.53. The molecule has 5 rings (SSSR count). The number of piperazine rings is 1. The highest BCUT2D eigenvalue weighted by Crippen LogP contribution is 2.29. The van der Waals surface area contributed by atoms with Crippen LogP contribution < -0.4 is 9.64 Å². The number of carbonyl (C=O) groups is 1. The molecule has 1 fully saturated rings. The molecule has 3 aromatic carbocycles. The second-order valence-corrected chi connectivity index (χ2v) is 8.44.